The Morgan fingerprint density at radius 2 is 1.90 bits per heavy atom. The highest BCUT2D eigenvalue weighted by Crippen LogP contribution is 2.33. The Morgan fingerprint density at radius 1 is 1.25 bits per heavy atom. The highest BCUT2D eigenvalue weighted by Gasteiger charge is 2.44. The number of carbonyl (C=O) groups is 1. The number of Topliss-reactive ketones (excluding diaryl/α,β-unsaturated/α-hetero) is 1. The van der Waals surface area contributed by atoms with E-state index in [9.17, 15) is 22.4 Å². The van der Waals surface area contributed by atoms with E-state index in [4.69, 9.17) is 0 Å². The number of nitrogens with one attached hydrogen (secondary N) is 1. The zero-order chi connectivity index (χ0) is 14.8. The molecule has 1 N–H and O–H groups in total. The fraction of sp³-hybridized carbons (Fsp3) is 0.231. The van der Waals surface area contributed by atoms with Crippen molar-refractivity contribution in [1.82, 2.24) is 10.2 Å². The zero-order valence-corrected chi connectivity index (χ0v) is 10.1. The average Bonchev–Trinajstić information content (AvgIpc) is 2.90. The summed E-state index contributed by atoms with van der Waals surface area (Å²) in [5, 5.41) is 5.17. The van der Waals surface area contributed by atoms with Gasteiger partial charge in [-0.05, 0) is 11.6 Å². The summed E-state index contributed by atoms with van der Waals surface area (Å²) in [6.07, 6.45) is -3.90. The molecule has 20 heavy (non-hydrogen) atoms. The van der Waals surface area contributed by atoms with Gasteiger partial charge in [-0.15, -0.1) is 0 Å². The van der Waals surface area contributed by atoms with Crippen LogP contribution in [0.15, 0.2) is 36.4 Å². The van der Waals surface area contributed by atoms with Crippen LogP contribution >= 0.6 is 0 Å². The van der Waals surface area contributed by atoms with Gasteiger partial charge in [0.15, 0.2) is 5.78 Å². The van der Waals surface area contributed by atoms with E-state index in [-0.39, 0.29) is 12.1 Å². The van der Waals surface area contributed by atoms with Crippen LogP contribution in [0.3, 0.4) is 0 Å². The van der Waals surface area contributed by atoms with Crippen molar-refractivity contribution in [2.75, 3.05) is 0 Å². The molecule has 0 aliphatic heterocycles. The Morgan fingerprint density at radius 3 is 2.50 bits per heavy atom. The van der Waals surface area contributed by atoms with Crippen LogP contribution in [0.2, 0.25) is 0 Å². The van der Waals surface area contributed by atoms with Crippen LogP contribution in [0.4, 0.5) is 17.6 Å². The predicted octanol–water partition coefficient (Wildman–Crippen LogP) is 3.19. The van der Waals surface area contributed by atoms with E-state index in [1.165, 1.54) is 0 Å². The fourth-order valence-electron chi connectivity index (χ4n) is 1.62. The van der Waals surface area contributed by atoms with Crippen molar-refractivity contribution in [1.29, 1.82) is 0 Å². The number of H-pyrrole nitrogens is 1. The summed E-state index contributed by atoms with van der Waals surface area (Å²) < 4.78 is 50.4. The van der Waals surface area contributed by atoms with Gasteiger partial charge in [0.2, 0.25) is 0 Å². The minimum atomic E-state index is -4.35. The summed E-state index contributed by atoms with van der Waals surface area (Å²) in [7, 11) is 0. The number of rotatable bonds is 5. The van der Waals surface area contributed by atoms with Gasteiger partial charge < -0.3 is 0 Å². The monoisotopic (exact) mass is 286 g/mol. The van der Waals surface area contributed by atoms with Crippen molar-refractivity contribution >= 4 is 5.78 Å². The largest absolute Gasteiger partial charge is 0.348 e. The molecule has 2 aromatic rings. The first kappa shape index (κ1) is 14.2. The molecule has 1 aromatic heterocycles. The molecule has 0 spiro atoms. The topological polar surface area (TPSA) is 45.8 Å². The third kappa shape index (κ3) is 2.87. The standard InChI is InChI=1S/C13H10F4N2O/c14-12(15)13(16,17)11-7-9(18-19-11)10(20)6-8-4-2-1-3-5-8/h1-5,7,12H,6H2,(H,18,19). The van der Waals surface area contributed by atoms with Crippen molar-refractivity contribution in [3.8, 4) is 0 Å². The molecular weight excluding hydrogens is 276 g/mol. The predicted molar refractivity (Wildman–Crippen MR) is 63.0 cm³/mol. The number of hydrogen-bond donors (Lipinski definition) is 1. The van der Waals surface area contributed by atoms with Crippen molar-refractivity contribution in [3.05, 3.63) is 53.3 Å². The molecule has 0 amide bonds. The fourth-order valence-corrected chi connectivity index (χ4v) is 1.62. The number of aromatic amines is 1. The van der Waals surface area contributed by atoms with Gasteiger partial charge in [0.05, 0.1) is 0 Å². The van der Waals surface area contributed by atoms with Gasteiger partial charge in [0.25, 0.3) is 0 Å². The molecule has 7 heteroatoms. The molecule has 0 saturated heterocycles. The number of hydrogen-bond acceptors (Lipinski definition) is 2. The third-order valence-corrected chi connectivity index (χ3v) is 2.70. The van der Waals surface area contributed by atoms with E-state index in [2.05, 4.69) is 5.10 Å². The maximum atomic E-state index is 13.0. The Kier molecular flexibility index (Phi) is 3.87. The average molecular weight is 286 g/mol. The van der Waals surface area contributed by atoms with Crippen molar-refractivity contribution < 1.29 is 22.4 Å². The van der Waals surface area contributed by atoms with Crippen LogP contribution in [0.5, 0.6) is 0 Å². The van der Waals surface area contributed by atoms with E-state index in [1.54, 1.807) is 35.4 Å². The molecule has 1 aromatic carbocycles. The molecular formula is C13H10F4N2O. The number of halogens is 4. The molecule has 0 radical (unpaired) electrons. The van der Waals surface area contributed by atoms with Crippen molar-refractivity contribution in [2.24, 2.45) is 0 Å². The smallest absolute Gasteiger partial charge is 0.292 e. The summed E-state index contributed by atoms with van der Waals surface area (Å²) in [6.45, 7) is 0. The Labute approximate surface area is 111 Å². The highest BCUT2D eigenvalue weighted by molar-refractivity contribution is 5.95. The van der Waals surface area contributed by atoms with E-state index in [0.29, 0.717) is 11.6 Å². The summed E-state index contributed by atoms with van der Waals surface area (Å²) in [4.78, 5) is 11.8. The lowest BCUT2D eigenvalue weighted by Gasteiger charge is -2.11. The molecule has 0 fully saturated rings. The van der Waals surface area contributed by atoms with E-state index >= 15 is 0 Å². The van der Waals surface area contributed by atoms with Crippen LogP contribution < -0.4 is 0 Å². The number of nitrogens with zero attached hydrogens (tertiary/aromatic N) is 1. The van der Waals surface area contributed by atoms with Crippen molar-refractivity contribution in [3.63, 3.8) is 0 Å². The van der Waals surface area contributed by atoms with Crippen LogP contribution in [0.25, 0.3) is 0 Å². The second-order valence-electron chi connectivity index (χ2n) is 4.18. The first-order valence-corrected chi connectivity index (χ1v) is 5.70. The lowest BCUT2D eigenvalue weighted by molar-refractivity contribution is -0.138. The highest BCUT2D eigenvalue weighted by atomic mass is 19.3. The lowest BCUT2D eigenvalue weighted by Crippen LogP contribution is -2.23. The maximum Gasteiger partial charge on any atom is 0.348 e. The zero-order valence-electron chi connectivity index (χ0n) is 10.1. The molecule has 1 heterocycles. The van der Waals surface area contributed by atoms with Gasteiger partial charge in [-0.1, -0.05) is 30.3 Å². The SMILES string of the molecule is O=C(Cc1ccccc1)c1cc(C(F)(F)C(F)F)[nH]n1. The van der Waals surface area contributed by atoms with Crippen LogP contribution in [-0.2, 0) is 12.3 Å². The Balaban J connectivity index is 2.15. The first-order valence-electron chi connectivity index (χ1n) is 5.70. The quantitative estimate of drug-likeness (QED) is 0.677. The molecule has 0 aliphatic carbocycles. The Bertz CT molecular complexity index is 595. The normalized spacial score (nSPS) is 11.8. The summed E-state index contributed by atoms with van der Waals surface area (Å²) >= 11 is 0. The van der Waals surface area contributed by atoms with Gasteiger partial charge in [-0.3, -0.25) is 9.89 Å². The number of alkyl halides is 4. The number of benzene rings is 1. The molecule has 0 unspecified atom stereocenters. The lowest BCUT2D eigenvalue weighted by atomic mass is 10.1. The third-order valence-electron chi connectivity index (χ3n) is 2.70. The molecule has 106 valence electrons. The first-order chi connectivity index (χ1) is 9.41. The second kappa shape index (κ2) is 5.44. The summed E-state index contributed by atoms with van der Waals surface area (Å²) in [6, 6.07) is 9.27. The summed E-state index contributed by atoms with van der Waals surface area (Å²) in [5.74, 6) is -4.87. The molecule has 2 rings (SSSR count). The summed E-state index contributed by atoms with van der Waals surface area (Å²) in [5.41, 5.74) is -0.671. The van der Waals surface area contributed by atoms with Gasteiger partial charge in [-0.2, -0.15) is 13.9 Å². The maximum absolute atomic E-state index is 13.0. The van der Waals surface area contributed by atoms with Crippen LogP contribution in [0, 0.1) is 0 Å². The van der Waals surface area contributed by atoms with E-state index < -0.39 is 23.8 Å². The Hall–Kier alpha value is -2.18. The van der Waals surface area contributed by atoms with Crippen LogP contribution in [0.1, 0.15) is 21.7 Å². The van der Waals surface area contributed by atoms with Gasteiger partial charge >= 0.3 is 12.3 Å². The minimum absolute atomic E-state index is 0.0363. The minimum Gasteiger partial charge on any atom is -0.292 e. The number of ketones is 1. The van der Waals surface area contributed by atoms with Crippen LogP contribution in [-0.4, -0.2) is 22.4 Å². The van der Waals surface area contributed by atoms with E-state index in [1.807, 2.05) is 0 Å². The molecule has 0 atom stereocenters. The molecule has 0 bridgehead atoms. The van der Waals surface area contributed by atoms with Gasteiger partial charge in [0.1, 0.15) is 11.4 Å². The second-order valence-corrected chi connectivity index (χ2v) is 4.18. The van der Waals surface area contributed by atoms with Gasteiger partial charge in [-0.25, -0.2) is 8.78 Å². The molecule has 0 aliphatic rings. The number of carbonyl (C=O) groups excluding carboxylic acids is 1. The van der Waals surface area contributed by atoms with Crippen molar-refractivity contribution in [2.45, 2.75) is 18.8 Å². The molecule has 3 nitrogen and oxygen atoms in total. The van der Waals surface area contributed by atoms with E-state index in [0.717, 1.165) is 0 Å². The molecule has 0 saturated carbocycles. The number of aromatic nitrogens is 2. The van der Waals surface area contributed by atoms with Gasteiger partial charge in [0, 0.05) is 6.42 Å².